The van der Waals surface area contributed by atoms with Crippen LogP contribution in [0, 0.1) is 5.92 Å². The molecule has 0 radical (unpaired) electrons. The van der Waals surface area contributed by atoms with Crippen LogP contribution in [0.5, 0.6) is 0 Å². The van der Waals surface area contributed by atoms with E-state index in [1.807, 2.05) is 6.07 Å². The Labute approximate surface area is 127 Å². The molecule has 2 rings (SSSR count). The number of hydrogen-bond acceptors (Lipinski definition) is 3. The van der Waals surface area contributed by atoms with Gasteiger partial charge in [-0.25, -0.2) is 0 Å². The molecule has 0 bridgehead atoms. The van der Waals surface area contributed by atoms with Crippen molar-refractivity contribution in [2.45, 2.75) is 58.5 Å². The zero-order chi connectivity index (χ0) is 15.1. The van der Waals surface area contributed by atoms with Crippen LogP contribution < -0.4 is 10.6 Å². The van der Waals surface area contributed by atoms with E-state index < -0.39 is 0 Å². The summed E-state index contributed by atoms with van der Waals surface area (Å²) in [6.45, 7) is 5.91. The van der Waals surface area contributed by atoms with E-state index >= 15 is 0 Å². The number of nitrogens with one attached hydrogen (secondary N) is 2. The van der Waals surface area contributed by atoms with Crippen molar-refractivity contribution in [2.75, 3.05) is 13.1 Å². The molecule has 0 unspecified atom stereocenters. The molecule has 118 valence electrons. The average Bonchev–Trinajstić information content (AvgIpc) is 2.95. The SMILES string of the molecule is CC(C)CNC(=O)CNCc1ccn(C2CCCCC2)n1. The van der Waals surface area contributed by atoms with Crippen LogP contribution >= 0.6 is 0 Å². The minimum Gasteiger partial charge on any atom is -0.355 e. The van der Waals surface area contributed by atoms with Gasteiger partial charge in [-0.3, -0.25) is 9.48 Å². The van der Waals surface area contributed by atoms with Crippen LogP contribution in [0.2, 0.25) is 0 Å². The summed E-state index contributed by atoms with van der Waals surface area (Å²) in [5, 5.41) is 10.7. The van der Waals surface area contributed by atoms with Gasteiger partial charge in [-0.05, 0) is 24.8 Å². The summed E-state index contributed by atoms with van der Waals surface area (Å²) < 4.78 is 2.11. The van der Waals surface area contributed by atoms with Crippen molar-refractivity contribution in [2.24, 2.45) is 5.92 Å². The zero-order valence-corrected chi connectivity index (χ0v) is 13.3. The molecular formula is C16H28N4O. The highest BCUT2D eigenvalue weighted by Crippen LogP contribution is 2.27. The largest absolute Gasteiger partial charge is 0.355 e. The molecule has 21 heavy (non-hydrogen) atoms. The van der Waals surface area contributed by atoms with E-state index in [-0.39, 0.29) is 5.91 Å². The number of nitrogens with zero attached hydrogens (tertiary/aromatic N) is 2. The number of rotatable bonds is 7. The minimum absolute atomic E-state index is 0.0513. The van der Waals surface area contributed by atoms with Crippen molar-refractivity contribution < 1.29 is 4.79 Å². The molecule has 1 amide bonds. The Hall–Kier alpha value is -1.36. The minimum atomic E-state index is 0.0513. The molecule has 1 saturated carbocycles. The third-order valence-electron chi connectivity index (χ3n) is 3.91. The lowest BCUT2D eigenvalue weighted by Crippen LogP contribution is -2.35. The monoisotopic (exact) mass is 292 g/mol. The summed E-state index contributed by atoms with van der Waals surface area (Å²) >= 11 is 0. The van der Waals surface area contributed by atoms with E-state index in [0.717, 1.165) is 12.2 Å². The Morgan fingerprint density at radius 1 is 1.38 bits per heavy atom. The maximum absolute atomic E-state index is 11.6. The van der Waals surface area contributed by atoms with Gasteiger partial charge in [-0.1, -0.05) is 33.1 Å². The lowest BCUT2D eigenvalue weighted by molar-refractivity contribution is -0.120. The second-order valence-corrected chi connectivity index (χ2v) is 6.38. The highest BCUT2D eigenvalue weighted by Gasteiger charge is 2.15. The van der Waals surface area contributed by atoms with Crippen molar-refractivity contribution in [1.29, 1.82) is 0 Å². The van der Waals surface area contributed by atoms with Gasteiger partial charge in [-0.15, -0.1) is 0 Å². The molecule has 1 heterocycles. The van der Waals surface area contributed by atoms with Gasteiger partial charge in [0.05, 0.1) is 18.3 Å². The zero-order valence-electron chi connectivity index (χ0n) is 13.3. The molecule has 2 N–H and O–H groups in total. The fourth-order valence-electron chi connectivity index (χ4n) is 2.71. The highest BCUT2D eigenvalue weighted by molar-refractivity contribution is 5.77. The standard InChI is InChI=1S/C16H28N4O/c1-13(2)10-18-16(21)12-17-11-14-8-9-20(19-14)15-6-4-3-5-7-15/h8-9,13,15,17H,3-7,10-12H2,1-2H3,(H,18,21). The van der Waals surface area contributed by atoms with E-state index in [9.17, 15) is 4.79 Å². The predicted octanol–water partition coefficient (Wildman–Crippen LogP) is 2.25. The Kier molecular flexibility index (Phi) is 6.23. The van der Waals surface area contributed by atoms with Gasteiger partial charge in [-0.2, -0.15) is 5.10 Å². The summed E-state index contributed by atoms with van der Waals surface area (Å²) in [6, 6.07) is 2.62. The number of amides is 1. The van der Waals surface area contributed by atoms with Crippen LogP contribution in [0.3, 0.4) is 0 Å². The smallest absolute Gasteiger partial charge is 0.233 e. The summed E-state index contributed by atoms with van der Waals surface area (Å²) in [4.78, 5) is 11.6. The first kappa shape index (κ1) is 16.0. The normalized spacial score (nSPS) is 16.3. The fraction of sp³-hybridized carbons (Fsp3) is 0.750. The predicted molar refractivity (Wildman–Crippen MR) is 83.9 cm³/mol. The summed E-state index contributed by atoms with van der Waals surface area (Å²) in [7, 11) is 0. The Balaban J connectivity index is 1.69. The van der Waals surface area contributed by atoms with E-state index in [4.69, 9.17) is 0 Å². The highest BCUT2D eigenvalue weighted by atomic mass is 16.1. The lowest BCUT2D eigenvalue weighted by Gasteiger charge is -2.21. The molecule has 1 aromatic heterocycles. The van der Waals surface area contributed by atoms with Gasteiger partial charge in [0, 0.05) is 19.3 Å². The Morgan fingerprint density at radius 3 is 2.86 bits per heavy atom. The number of hydrogen-bond donors (Lipinski definition) is 2. The van der Waals surface area contributed by atoms with Crippen molar-refractivity contribution >= 4 is 5.91 Å². The van der Waals surface area contributed by atoms with Crippen LogP contribution in [-0.2, 0) is 11.3 Å². The first-order valence-corrected chi connectivity index (χ1v) is 8.16. The molecule has 1 fully saturated rings. The van der Waals surface area contributed by atoms with Gasteiger partial charge >= 0.3 is 0 Å². The van der Waals surface area contributed by atoms with Gasteiger partial charge in [0.25, 0.3) is 0 Å². The molecule has 5 nitrogen and oxygen atoms in total. The third-order valence-corrected chi connectivity index (χ3v) is 3.91. The average molecular weight is 292 g/mol. The van der Waals surface area contributed by atoms with Gasteiger partial charge in [0.1, 0.15) is 0 Å². The van der Waals surface area contributed by atoms with Crippen molar-refractivity contribution in [1.82, 2.24) is 20.4 Å². The topological polar surface area (TPSA) is 59.0 Å². The quantitative estimate of drug-likeness (QED) is 0.810. The van der Waals surface area contributed by atoms with Crippen LogP contribution in [0.4, 0.5) is 0 Å². The maximum atomic E-state index is 11.6. The fourth-order valence-corrected chi connectivity index (χ4v) is 2.71. The summed E-state index contributed by atoms with van der Waals surface area (Å²) in [6.07, 6.45) is 8.55. The first-order valence-electron chi connectivity index (χ1n) is 8.16. The molecule has 0 aromatic carbocycles. The molecule has 0 saturated heterocycles. The van der Waals surface area contributed by atoms with E-state index in [1.54, 1.807) is 0 Å². The van der Waals surface area contributed by atoms with Gasteiger partial charge in [0.2, 0.25) is 5.91 Å². The van der Waals surface area contributed by atoms with Crippen molar-refractivity contribution in [3.8, 4) is 0 Å². The molecule has 1 aliphatic carbocycles. The number of carbonyl (C=O) groups is 1. The van der Waals surface area contributed by atoms with Crippen molar-refractivity contribution in [3.63, 3.8) is 0 Å². The second kappa shape index (κ2) is 8.17. The Bertz CT molecular complexity index is 435. The molecule has 1 aliphatic rings. The maximum Gasteiger partial charge on any atom is 0.233 e. The molecule has 1 aromatic rings. The summed E-state index contributed by atoms with van der Waals surface area (Å²) in [5.74, 6) is 0.538. The Morgan fingerprint density at radius 2 is 2.14 bits per heavy atom. The molecular weight excluding hydrogens is 264 g/mol. The molecule has 5 heteroatoms. The summed E-state index contributed by atoms with van der Waals surface area (Å²) in [5.41, 5.74) is 1.01. The van der Waals surface area contributed by atoms with E-state index in [1.165, 1.54) is 32.1 Å². The molecule has 0 aliphatic heterocycles. The van der Waals surface area contributed by atoms with Gasteiger partial charge in [0.15, 0.2) is 0 Å². The van der Waals surface area contributed by atoms with E-state index in [0.29, 0.717) is 25.0 Å². The number of aromatic nitrogens is 2. The van der Waals surface area contributed by atoms with Crippen molar-refractivity contribution in [3.05, 3.63) is 18.0 Å². The van der Waals surface area contributed by atoms with Crippen LogP contribution in [0.25, 0.3) is 0 Å². The van der Waals surface area contributed by atoms with Crippen LogP contribution in [0.1, 0.15) is 57.7 Å². The molecule has 0 atom stereocenters. The van der Waals surface area contributed by atoms with E-state index in [2.05, 4.69) is 40.5 Å². The number of carbonyl (C=O) groups excluding carboxylic acids is 1. The molecule has 0 spiro atoms. The van der Waals surface area contributed by atoms with Crippen LogP contribution in [0.15, 0.2) is 12.3 Å². The lowest BCUT2D eigenvalue weighted by atomic mass is 9.96. The van der Waals surface area contributed by atoms with Crippen LogP contribution in [-0.4, -0.2) is 28.8 Å². The second-order valence-electron chi connectivity index (χ2n) is 6.38. The third kappa shape index (κ3) is 5.50. The van der Waals surface area contributed by atoms with Gasteiger partial charge < -0.3 is 10.6 Å². The first-order chi connectivity index (χ1) is 10.1.